The molecule has 1 aliphatic carbocycles. The molecule has 0 bridgehead atoms. The smallest absolute Gasteiger partial charge is 0.252 e. The summed E-state index contributed by atoms with van der Waals surface area (Å²) >= 11 is 6.09. The molecule has 194 valence electrons. The molecule has 36 heavy (non-hydrogen) atoms. The molecular weight excluding hydrogens is 474 g/mol. The third kappa shape index (κ3) is 7.09. The van der Waals surface area contributed by atoms with Gasteiger partial charge in [-0.05, 0) is 55.0 Å². The largest absolute Gasteiger partial charge is 0.375 e. The Morgan fingerprint density at radius 2 is 1.61 bits per heavy atom. The SMILES string of the molecule is COCC(=O)N1CCCN(Cc2ccc(Cl)cc2)CCCN(C(=O)C2CCCC2)Cc2ccccc21. The summed E-state index contributed by atoms with van der Waals surface area (Å²) in [7, 11) is 1.55. The van der Waals surface area contributed by atoms with E-state index in [0.29, 0.717) is 19.6 Å². The minimum Gasteiger partial charge on any atom is -0.375 e. The van der Waals surface area contributed by atoms with Gasteiger partial charge >= 0.3 is 0 Å². The highest BCUT2D eigenvalue weighted by atomic mass is 35.5. The molecule has 6 nitrogen and oxygen atoms in total. The van der Waals surface area contributed by atoms with E-state index in [9.17, 15) is 9.59 Å². The maximum atomic E-state index is 13.5. The number of rotatable bonds is 5. The summed E-state index contributed by atoms with van der Waals surface area (Å²) in [5, 5.41) is 0.736. The molecule has 0 unspecified atom stereocenters. The van der Waals surface area contributed by atoms with Crippen molar-refractivity contribution in [2.24, 2.45) is 5.92 Å². The van der Waals surface area contributed by atoms with Gasteiger partial charge in [-0.25, -0.2) is 0 Å². The Labute approximate surface area is 220 Å². The number of halogens is 1. The van der Waals surface area contributed by atoms with Gasteiger partial charge < -0.3 is 14.5 Å². The molecule has 2 aliphatic rings. The number of methoxy groups -OCH3 is 1. The molecule has 1 heterocycles. The fourth-order valence-electron chi connectivity index (χ4n) is 5.45. The lowest BCUT2D eigenvalue weighted by atomic mass is 10.0. The second-order valence-corrected chi connectivity index (χ2v) is 10.4. The molecule has 1 aliphatic heterocycles. The number of carbonyl (C=O) groups is 2. The number of anilines is 1. The van der Waals surface area contributed by atoms with Gasteiger partial charge in [0.1, 0.15) is 6.61 Å². The van der Waals surface area contributed by atoms with Crippen LogP contribution < -0.4 is 4.90 Å². The van der Waals surface area contributed by atoms with Gasteiger partial charge in [-0.3, -0.25) is 14.5 Å². The number of carbonyl (C=O) groups excluding carboxylic acids is 2. The Hall–Kier alpha value is -2.41. The van der Waals surface area contributed by atoms with Crippen molar-refractivity contribution in [3.05, 3.63) is 64.7 Å². The van der Waals surface area contributed by atoms with Crippen LogP contribution in [0.25, 0.3) is 0 Å². The van der Waals surface area contributed by atoms with E-state index in [1.165, 1.54) is 5.56 Å². The molecular formula is C29H38ClN3O3. The molecule has 4 rings (SSSR count). The molecule has 1 fully saturated rings. The Morgan fingerprint density at radius 1 is 0.917 bits per heavy atom. The number of para-hydroxylation sites is 1. The number of hydrogen-bond donors (Lipinski definition) is 0. The lowest BCUT2D eigenvalue weighted by Gasteiger charge is -2.32. The highest BCUT2D eigenvalue weighted by molar-refractivity contribution is 6.30. The Balaban J connectivity index is 1.60. The van der Waals surface area contributed by atoms with Crippen LogP contribution in [0.1, 0.15) is 49.7 Å². The predicted octanol–water partition coefficient (Wildman–Crippen LogP) is 5.13. The standard InChI is InChI=1S/C29H38ClN3O3/c1-36-22-28(34)33-19-7-17-31(20-23-12-14-26(30)15-13-23)16-6-18-32(29(35)24-8-2-3-9-24)21-25-10-4-5-11-27(25)33/h4-5,10-15,24H,2-3,6-9,16-22H2,1H3. The number of nitrogens with zero attached hydrogens (tertiary/aromatic N) is 3. The zero-order valence-corrected chi connectivity index (χ0v) is 22.1. The van der Waals surface area contributed by atoms with Crippen LogP contribution in [-0.2, 0) is 27.4 Å². The minimum absolute atomic E-state index is 0.0353. The van der Waals surface area contributed by atoms with E-state index < -0.39 is 0 Å². The summed E-state index contributed by atoms with van der Waals surface area (Å²) in [4.78, 5) is 33.0. The average molecular weight is 512 g/mol. The van der Waals surface area contributed by atoms with E-state index in [1.54, 1.807) is 7.11 Å². The average Bonchev–Trinajstić information content (AvgIpc) is 3.42. The van der Waals surface area contributed by atoms with Gasteiger partial charge in [0.25, 0.3) is 5.91 Å². The Kier molecular flexibility index (Phi) is 9.79. The number of fused-ring (bicyclic) bond motifs is 1. The van der Waals surface area contributed by atoms with Gasteiger partial charge in [0, 0.05) is 63.0 Å². The van der Waals surface area contributed by atoms with Crippen molar-refractivity contribution in [3.63, 3.8) is 0 Å². The molecule has 0 atom stereocenters. The molecule has 2 amide bonds. The van der Waals surface area contributed by atoms with Crippen LogP contribution in [-0.4, -0.2) is 61.5 Å². The van der Waals surface area contributed by atoms with Crippen molar-refractivity contribution in [1.29, 1.82) is 0 Å². The highest BCUT2D eigenvalue weighted by Crippen LogP contribution is 2.29. The first-order valence-corrected chi connectivity index (χ1v) is 13.6. The van der Waals surface area contributed by atoms with Crippen LogP contribution in [0.3, 0.4) is 0 Å². The molecule has 0 radical (unpaired) electrons. The van der Waals surface area contributed by atoms with E-state index in [1.807, 2.05) is 40.1 Å². The van der Waals surface area contributed by atoms with Crippen LogP contribution in [0.15, 0.2) is 48.5 Å². The zero-order chi connectivity index (χ0) is 25.3. The summed E-state index contributed by atoms with van der Waals surface area (Å²) in [6.07, 6.45) is 6.00. The highest BCUT2D eigenvalue weighted by Gasteiger charge is 2.29. The first-order valence-electron chi connectivity index (χ1n) is 13.2. The van der Waals surface area contributed by atoms with Crippen LogP contribution in [0, 0.1) is 5.92 Å². The molecule has 0 saturated heterocycles. The number of benzene rings is 2. The molecule has 1 saturated carbocycles. The van der Waals surface area contributed by atoms with E-state index in [2.05, 4.69) is 23.1 Å². The van der Waals surface area contributed by atoms with Gasteiger partial charge in [0.2, 0.25) is 5.91 Å². The quantitative estimate of drug-likeness (QED) is 0.558. The van der Waals surface area contributed by atoms with Crippen molar-refractivity contribution in [3.8, 4) is 0 Å². The van der Waals surface area contributed by atoms with Crippen LogP contribution in [0.5, 0.6) is 0 Å². The second-order valence-electron chi connectivity index (χ2n) is 9.96. The lowest BCUT2D eigenvalue weighted by Crippen LogP contribution is -2.41. The zero-order valence-electron chi connectivity index (χ0n) is 21.3. The van der Waals surface area contributed by atoms with Crippen molar-refractivity contribution >= 4 is 29.1 Å². The van der Waals surface area contributed by atoms with Gasteiger partial charge in [-0.1, -0.05) is 54.8 Å². The fourth-order valence-corrected chi connectivity index (χ4v) is 5.57. The van der Waals surface area contributed by atoms with E-state index in [-0.39, 0.29) is 24.3 Å². The molecule has 7 heteroatoms. The third-order valence-electron chi connectivity index (χ3n) is 7.31. The summed E-state index contributed by atoms with van der Waals surface area (Å²) < 4.78 is 5.20. The van der Waals surface area contributed by atoms with E-state index in [0.717, 1.165) is 74.4 Å². The second kappa shape index (κ2) is 13.2. The third-order valence-corrected chi connectivity index (χ3v) is 7.56. The Morgan fingerprint density at radius 3 is 2.33 bits per heavy atom. The predicted molar refractivity (Wildman–Crippen MR) is 144 cm³/mol. The van der Waals surface area contributed by atoms with Crippen molar-refractivity contribution in [2.75, 3.05) is 44.8 Å². The number of amides is 2. The fraction of sp³-hybridized carbons (Fsp3) is 0.517. The van der Waals surface area contributed by atoms with Crippen molar-refractivity contribution in [2.45, 2.75) is 51.6 Å². The summed E-state index contributed by atoms with van der Waals surface area (Å²) in [6, 6.07) is 16.0. The maximum Gasteiger partial charge on any atom is 0.252 e. The normalized spacial score (nSPS) is 18.4. The van der Waals surface area contributed by atoms with E-state index >= 15 is 0 Å². The first-order chi connectivity index (χ1) is 17.5. The molecule has 2 aromatic carbocycles. The molecule has 0 aromatic heterocycles. The number of ether oxygens (including phenoxy) is 1. The van der Waals surface area contributed by atoms with Crippen LogP contribution >= 0.6 is 11.6 Å². The van der Waals surface area contributed by atoms with Crippen molar-refractivity contribution < 1.29 is 14.3 Å². The maximum absolute atomic E-state index is 13.5. The minimum atomic E-state index is -0.0556. The van der Waals surface area contributed by atoms with Crippen molar-refractivity contribution in [1.82, 2.24) is 9.80 Å². The Bertz CT molecular complexity index is 1010. The topological polar surface area (TPSA) is 53.1 Å². The summed E-state index contributed by atoms with van der Waals surface area (Å²) in [6.45, 7) is 4.45. The van der Waals surface area contributed by atoms with Crippen LogP contribution in [0.4, 0.5) is 5.69 Å². The van der Waals surface area contributed by atoms with Gasteiger partial charge in [0.15, 0.2) is 0 Å². The van der Waals surface area contributed by atoms with Gasteiger partial charge in [0.05, 0.1) is 0 Å². The van der Waals surface area contributed by atoms with Crippen LogP contribution in [0.2, 0.25) is 5.02 Å². The molecule has 2 aromatic rings. The van der Waals surface area contributed by atoms with Gasteiger partial charge in [-0.2, -0.15) is 0 Å². The van der Waals surface area contributed by atoms with E-state index in [4.69, 9.17) is 16.3 Å². The summed E-state index contributed by atoms with van der Waals surface area (Å²) in [5.41, 5.74) is 3.11. The molecule has 0 spiro atoms. The first kappa shape index (κ1) is 26.6. The van der Waals surface area contributed by atoms with Gasteiger partial charge in [-0.15, -0.1) is 0 Å². The monoisotopic (exact) mass is 511 g/mol. The summed E-state index contributed by atoms with van der Waals surface area (Å²) in [5.74, 6) is 0.333. The lowest BCUT2D eigenvalue weighted by molar-refractivity contribution is -0.136. The molecule has 0 N–H and O–H groups in total. The number of hydrogen-bond acceptors (Lipinski definition) is 4.